The largest absolute Gasteiger partial charge is 0.444 e. The van der Waals surface area contributed by atoms with Crippen molar-refractivity contribution in [2.45, 2.75) is 84.3 Å². The van der Waals surface area contributed by atoms with Crippen molar-refractivity contribution < 1.29 is 14.3 Å². The Morgan fingerprint density at radius 1 is 1.19 bits per heavy atom. The summed E-state index contributed by atoms with van der Waals surface area (Å²) < 4.78 is 11.3. The number of rotatable bonds is 9. The summed E-state index contributed by atoms with van der Waals surface area (Å²) in [6.07, 6.45) is 7.92. The van der Waals surface area contributed by atoms with Gasteiger partial charge in [-0.2, -0.15) is 0 Å². The molecule has 0 bridgehead atoms. The van der Waals surface area contributed by atoms with Gasteiger partial charge in [-0.1, -0.05) is 0 Å². The molecule has 7 heteroatoms. The smallest absolute Gasteiger partial charge is 0.410 e. The Morgan fingerprint density at radius 3 is 2.39 bits per heavy atom. The fraction of sp³-hybridized carbons (Fsp3) is 0.917. The third-order valence-electron chi connectivity index (χ3n) is 6.76. The van der Waals surface area contributed by atoms with Crippen LogP contribution >= 0.6 is 0 Å². The van der Waals surface area contributed by atoms with Gasteiger partial charge in [-0.15, -0.1) is 0 Å². The van der Waals surface area contributed by atoms with E-state index in [1.54, 1.807) is 0 Å². The molecule has 7 nitrogen and oxygen atoms in total. The first-order valence-electron chi connectivity index (χ1n) is 12.3. The lowest BCUT2D eigenvalue weighted by Crippen LogP contribution is -2.53. The molecule has 1 amide bonds. The predicted molar refractivity (Wildman–Crippen MR) is 124 cm³/mol. The second kappa shape index (κ2) is 10.4. The molecule has 2 aliphatic carbocycles. The monoisotopic (exact) mass is 436 g/mol. The first kappa shape index (κ1) is 24.1. The van der Waals surface area contributed by atoms with Crippen molar-refractivity contribution in [2.75, 3.05) is 46.4 Å². The number of nitrogens with one attached hydrogen (secondary N) is 1. The first-order chi connectivity index (χ1) is 14.8. The molecular formula is C24H44N4O3. The van der Waals surface area contributed by atoms with E-state index in [4.69, 9.17) is 9.47 Å². The molecule has 0 atom stereocenters. The van der Waals surface area contributed by atoms with Gasteiger partial charge in [0.1, 0.15) is 5.60 Å². The zero-order valence-electron chi connectivity index (χ0n) is 20.4. The Kier molecular flexibility index (Phi) is 8.11. The molecular weight excluding hydrogens is 392 g/mol. The molecule has 1 heterocycles. The van der Waals surface area contributed by atoms with E-state index in [-0.39, 0.29) is 12.1 Å². The van der Waals surface area contributed by atoms with E-state index in [2.05, 4.69) is 22.1 Å². The van der Waals surface area contributed by atoms with Gasteiger partial charge in [0.05, 0.1) is 0 Å². The zero-order chi connectivity index (χ0) is 22.5. The van der Waals surface area contributed by atoms with E-state index in [9.17, 15) is 4.79 Å². The van der Waals surface area contributed by atoms with Crippen LogP contribution in [0.1, 0.15) is 72.6 Å². The van der Waals surface area contributed by atoms with Gasteiger partial charge in [0.15, 0.2) is 5.96 Å². The van der Waals surface area contributed by atoms with Crippen molar-refractivity contribution in [3.8, 4) is 0 Å². The Labute approximate surface area is 188 Å². The highest BCUT2D eigenvalue weighted by Gasteiger charge is 2.42. The number of amides is 1. The van der Waals surface area contributed by atoms with Gasteiger partial charge >= 0.3 is 6.09 Å². The van der Waals surface area contributed by atoms with Gasteiger partial charge in [-0.25, -0.2) is 4.79 Å². The van der Waals surface area contributed by atoms with Crippen LogP contribution in [0.15, 0.2) is 4.99 Å². The van der Waals surface area contributed by atoms with Crippen LogP contribution < -0.4 is 5.32 Å². The van der Waals surface area contributed by atoms with Crippen molar-refractivity contribution in [1.29, 1.82) is 0 Å². The van der Waals surface area contributed by atoms with E-state index in [0.29, 0.717) is 11.3 Å². The Morgan fingerprint density at radius 2 is 1.87 bits per heavy atom. The van der Waals surface area contributed by atoms with Crippen LogP contribution in [0.5, 0.6) is 0 Å². The van der Waals surface area contributed by atoms with Gasteiger partial charge in [-0.05, 0) is 84.0 Å². The number of likely N-dealkylation sites (tertiary alicyclic amines) is 1. The first-order valence-corrected chi connectivity index (χ1v) is 12.3. The van der Waals surface area contributed by atoms with Crippen LogP contribution in [-0.2, 0) is 9.47 Å². The maximum atomic E-state index is 12.9. The van der Waals surface area contributed by atoms with Gasteiger partial charge in [-0.3, -0.25) is 4.99 Å². The normalized spacial score (nSPS) is 21.7. The second-order valence-electron chi connectivity index (χ2n) is 10.6. The number of piperidine rings is 1. The standard InChI is InChI=1S/C24H44N4O3/c1-6-30-16-13-24(11-12-24)18-26-21(25-5)27-14-9-20(10-15-27)28(17-19-7-8-19)22(29)31-23(2,3)4/h19-20H,6-18H2,1-5H3,(H,25,26). The lowest BCUT2D eigenvalue weighted by molar-refractivity contribution is 0.00926. The fourth-order valence-electron chi connectivity index (χ4n) is 4.38. The number of hydrogen-bond donors (Lipinski definition) is 1. The summed E-state index contributed by atoms with van der Waals surface area (Å²) >= 11 is 0. The van der Waals surface area contributed by atoms with E-state index < -0.39 is 5.60 Å². The SMILES string of the molecule is CCOCCC1(CNC(=NC)N2CCC(N(CC3CC3)C(=O)OC(C)(C)C)CC2)CC1. The molecule has 0 radical (unpaired) electrons. The highest BCUT2D eigenvalue weighted by molar-refractivity contribution is 5.80. The quantitative estimate of drug-likeness (QED) is 0.338. The number of guanidine groups is 1. The van der Waals surface area contributed by atoms with Crippen molar-refractivity contribution in [2.24, 2.45) is 16.3 Å². The molecule has 3 fully saturated rings. The molecule has 0 unspecified atom stereocenters. The Balaban J connectivity index is 1.48. The average Bonchev–Trinajstić information content (AvgIpc) is 3.63. The predicted octanol–water partition coefficient (Wildman–Crippen LogP) is 3.88. The van der Waals surface area contributed by atoms with Crippen LogP contribution in [0.3, 0.4) is 0 Å². The third-order valence-corrected chi connectivity index (χ3v) is 6.76. The summed E-state index contributed by atoms with van der Waals surface area (Å²) in [6, 6.07) is 0.255. The van der Waals surface area contributed by atoms with E-state index in [0.717, 1.165) is 64.6 Å². The lowest BCUT2D eigenvalue weighted by atomic mass is 10.0. The molecule has 0 aromatic heterocycles. The minimum absolute atomic E-state index is 0.148. The number of hydrogen-bond acceptors (Lipinski definition) is 4. The molecule has 3 rings (SSSR count). The highest BCUT2D eigenvalue weighted by atomic mass is 16.6. The summed E-state index contributed by atoms with van der Waals surface area (Å²) in [5, 5.41) is 3.62. The van der Waals surface area contributed by atoms with Crippen molar-refractivity contribution in [1.82, 2.24) is 15.1 Å². The molecule has 31 heavy (non-hydrogen) atoms. The zero-order valence-corrected chi connectivity index (χ0v) is 20.4. The summed E-state index contributed by atoms with van der Waals surface area (Å²) in [5.74, 6) is 1.65. The molecule has 0 aromatic rings. The second-order valence-corrected chi connectivity index (χ2v) is 10.6. The van der Waals surface area contributed by atoms with E-state index in [1.165, 1.54) is 25.7 Å². The number of carbonyl (C=O) groups excluding carboxylic acids is 1. The van der Waals surface area contributed by atoms with Crippen molar-refractivity contribution >= 4 is 12.1 Å². The van der Waals surface area contributed by atoms with Gasteiger partial charge in [0.2, 0.25) is 0 Å². The fourth-order valence-corrected chi connectivity index (χ4v) is 4.38. The maximum Gasteiger partial charge on any atom is 0.410 e. The summed E-state index contributed by atoms with van der Waals surface area (Å²) in [7, 11) is 1.87. The molecule has 1 saturated heterocycles. The third kappa shape index (κ3) is 7.55. The number of ether oxygens (including phenoxy) is 2. The summed E-state index contributed by atoms with van der Waals surface area (Å²) in [4.78, 5) is 21.8. The average molecular weight is 437 g/mol. The van der Waals surface area contributed by atoms with Gasteiger partial charge < -0.3 is 24.6 Å². The van der Waals surface area contributed by atoms with Crippen LogP contribution in [0.25, 0.3) is 0 Å². The van der Waals surface area contributed by atoms with Crippen LogP contribution in [0.2, 0.25) is 0 Å². The molecule has 1 N–H and O–H groups in total. The summed E-state index contributed by atoms with van der Waals surface area (Å²) in [5.41, 5.74) is -0.0618. The minimum Gasteiger partial charge on any atom is -0.444 e. The van der Waals surface area contributed by atoms with Gasteiger partial charge in [0.25, 0.3) is 0 Å². The van der Waals surface area contributed by atoms with Crippen molar-refractivity contribution in [3.63, 3.8) is 0 Å². The molecule has 1 aliphatic heterocycles. The maximum absolute atomic E-state index is 12.9. The Hall–Kier alpha value is -1.50. The molecule has 178 valence electrons. The molecule has 2 saturated carbocycles. The number of carbonyl (C=O) groups is 1. The van der Waals surface area contributed by atoms with Crippen LogP contribution in [0, 0.1) is 11.3 Å². The van der Waals surface area contributed by atoms with E-state index in [1.807, 2.05) is 32.7 Å². The molecule has 3 aliphatic rings. The number of aliphatic imine (C=N–C) groups is 1. The molecule has 0 spiro atoms. The minimum atomic E-state index is -0.452. The van der Waals surface area contributed by atoms with E-state index >= 15 is 0 Å². The van der Waals surface area contributed by atoms with Crippen LogP contribution in [-0.4, -0.2) is 79.9 Å². The summed E-state index contributed by atoms with van der Waals surface area (Å²) in [6.45, 7) is 13.2. The van der Waals surface area contributed by atoms with Gasteiger partial charge in [0, 0.05) is 52.5 Å². The van der Waals surface area contributed by atoms with Crippen molar-refractivity contribution in [3.05, 3.63) is 0 Å². The molecule has 0 aromatic carbocycles. The van der Waals surface area contributed by atoms with Crippen LogP contribution in [0.4, 0.5) is 4.79 Å². The Bertz CT molecular complexity index is 615. The lowest BCUT2D eigenvalue weighted by Gasteiger charge is -2.40. The topological polar surface area (TPSA) is 66.4 Å². The number of nitrogens with zero attached hydrogens (tertiary/aromatic N) is 3. The highest BCUT2D eigenvalue weighted by Crippen LogP contribution is 2.48.